The number of nitrogens with one attached hydrogen (secondary N) is 1. The van der Waals surface area contributed by atoms with Gasteiger partial charge < -0.3 is 64.3 Å². The van der Waals surface area contributed by atoms with Crippen LogP contribution in [-0.2, 0) is 33.3 Å². The first-order valence-electron chi connectivity index (χ1n) is 18.4. The fraction of sp³-hybridized carbons (Fsp3) is 0.676. The van der Waals surface area contributed by atoms with Crippen LogP contribution in [0.15, 0.2) is 59.1 Å². The maximum atomic E-state index is 14.0. The van der Waals surface area contributed by atoms with Gasteiger partial charge in [-0.25, -0.2) is 9.59 Å². The molecule has 296 valence electrons. The van der Waals surface area contributed by atoms with Gasteiger partial charge in [-0.05, 0) is 76.1 Å². The van der Waals surface area contributed by atoms with Gasteiger partial charge in [0.25, 0.3) is 0 Å². The molecular formula is C37H54N2O14. The zero-order valence-corrected chi connectivity index (χ0v) is 30.0. The summed E-state index contributed by atoms with van der Waals surface area (Å²) < 4.78 is 29.6. The Morgan fingerprint density at radius 2 is 1.77 bits per heavy atom. The van der Waals surface area contributed by atoms with E-state index < -0.39 is 66.7 Å². The first-order chi connectivity index (χ1) is 25.4. The third kappa shape index (κ3) is 9.75. The average Bonchev–Trinajstić information content (AvgIpc) is 3.14. The third-order valence-corrected chi connectivity index (χ3v) is 10.4. The molecule has 0 bridgehead atoms. The van der Waals surface area contributed by atoms with Crippen molar-refractivity contribution in [3.05, 3.63) is 59.1 Å². The summed E-state index contributed by atoms with van der Waals surface area (Å²) in [4.78, 5) is 27.6. The quantitative estimate of drug-likeness (QED) is 0.0683. The van der Waals surface area contributed by atoms with E-state index in [-0.39, 0.29) is 43.7 Å². The average molecular weight is 751 g/mol. The molecule has 16 heteroatoms. The summed E-state index contributed by atoms with van der Waals surface area (Å²) in [5, 5.41) is 77.5. The van der Waals surface area contributed by atoms with Gasteiger partial charge in [0.1, 0.15) is 35.7 Å². The molecule has 16 nitrogen and oxygen atoms in total. The third-order valence-electron chi connectivity index (χ3n) is 10.4. The number of aliphatic hydroxyl groups is 6. The predicted molar refractivity (Wildman–Crippen MR) is 186 cm³/mol. The number of carbonyl (C=O) groups excluding carboxylic acids is 1. The molecule has 3 heterocycles. The predicted octanol–water partition coefficient (Wildman–Crippen LogP) is 0.437. The lowest BCUT2D eigenvalue weighted by Crippen LogP contribution is -2.69. The van der Waals surface area contributed by atoms with Crippen molar-refractivity contribution in [3.8, 4) is 0 Å². The minimum absolute atomic E-state index is 0.0444. The molecule has 0 aromatic heterocycles. The summed E-state index contributed by atoms with van der Waals surface area (Å²) in [6.45, 7) is -0.901. The van der Waals surface area contributed by atoms with Crippen molar-refractivity contribution in [1.82, 2.24) is 10.2 Å². The van der Waals surface area contributed by atoms with Crippen LogP contribution in [0.25, 0.3) is 0 Å². The van der Waals surface area contributed by atoms with Crippen molar-refractivity contribution in [3.63, 3.8) is 0 Å². The zero-order valence-electron chi connectivity index (χ0n) is 30.0. The summed E-state index contributed by atoms with van der Waals surface area (Å²) in [6, 6.07) is 0. The van der Waals surface area contributed by atoms with Crippen LogP contribution in [0.3, 0.4) is 0 Å². The van der Waals surface area contributed by atoms with Crippen LogP contribution in [0.4, 0.5) is 0 Å². The van der Waals surface area contributed by atoms with E-state index in [1.165, 1.54) is 24.4 Å². The molecular weight excluding hydrogens is 696 g/mol. The molecule has 0 aromatic carbocycles. The Hall–Kier alpha value is -3.16. The van der Waals surface area contributed by atoms with Crippen LogP contribution in [0.2, 0.25) is 0 Å². The van der Waals surface area contributed by atoms with E-state index in [0.29, 0.717) is 31.3 Å². The lowest BCUT2D eigenvalue weighted by Gasteiger charge is -2.48. The van der Waals surface area contributed by atoms with Gasteiger partial charge in [0.15, 0.2) is 12.4 Å². The molecule has 7 atom stereocenters. The SMILES string of the molecule is CNCO[C@H]1[C@H](O[C@@H]2OC=C(C(=O)OC3CCCCC3)[C@@](O)(/C=C/C3=CC(C(=O)O)=CN(CCO)C3)[C@H]2C=C2CCCCC2)O[C@H](CO)[C@@H](O)C1(O)O. The monoisotopic (exact) mass is 750 g/mol. The second-order valence-corrected chi connectivity index (χ2v) is 14.2. The molecule has 8 N–H and O–H groups in total. The molecule has 0 radical (unpaired) electrons. The van der Waals surface area contributed by atoms with Gasteiger partial charge in [-0.2, -0.15) is 0 Å². The largest absolute Gasteiger partial charge is 0.478 e. The van der Waals surface area contributed by atoms with Crippen LogP contribution in [0, 0.1) is 5.92 Å². The highest BCUT2D eigenvalue weighted by molar-refractivity contribution is 5.92. The van der Waals surface area contributed by atoms with Crippen molar-refractivity contribution in [2.75, 3.05) is 40.1 Å². The van der Waals surface area contributed by atoms with Crippen LogP contribution < -0.4 is 5.32 Å². The maximum absolute atomic E-state index is 14.0. The van der Waals surface area contributed by atoms with Gasteiger partial charge >= 0.3 is 11.9 Å². The van der Waals surface area contributed by atoms with E-state index >= 15 is 0 Å². The van der Waals surface area contributed by atoms with E-state index in [1.807, 2.05) is 0 Å². The van der Waals surface area contributed by atoms with Crippen LogP contribution in [-0.4, -0.2) is 141 Å². The molecule has 5 rings (SSSR count). The van der Waals surface area contributed by atoms with Crippen LogP contribution in [0.5, 0.6) is 0 Å². The number of hydrogen-bond acceptors (Lipinski definition) is 15. The first-order valence-corrected chi connectivity index (χ1v) is 18.4. The molecule has 5 aliphatic rings. The number of rotatable bonds is 14. The van der Waals surface area contributed by atoms with Gasteiger partial charge in [-0.1, -0.05) is 30.6 Å². The van der Waals surface area contributed by atoms with E-state index in [0.717, 1.165) is 50.4 Å². The Morgan fingerprint density at radius 3 is 2.43 bits per heavy atom. The Balaban J connectivity index is 1.58. The second-order valence-electron chi connectivity index (χ2n) is 14.2. The van der Waals surface area contributed by atoms with Crippen molar-refractivity contribution < 1.29 is 69.0 Å². The molecule has 53 heavy (non-hydrogen) atoms. The van der Waals surface area contributed by atoms with E-state index in [9.17, 15) is 45.3 Å². The Kier molecular flexibility index (Phi) is 14.3. The number of ether oxygens (including phenoxy) is 5. The van der Waals surface area contributed by atoms with Crippen molar-refractivity contribution >= 4 is 11.9 Å². The van der Waals surface area contributed by atoms with Crippen molar-refractivity contribution in [1.29, 1.82) is 0 Å². The summed E-state index contributed by atoms with van der Waals surface area (Å²) >= 11 is 0. The molecule has 0 amide bonds. The lowest BCUT2D eigenvalue weighted by atomic mass is 9.76. The zero-order chi connectivity index (χ0) is 38.2. The first kappa shape index (κ1) is 41.0. The highest BCUT2D eigenvalue weighted by Gasteiger charge is 2.58. The lowest BCUT2D eigenvalue weighted by molar-refractivity contribution is -0.412. The number of aliphatic hydroxyl groups excluding tert-OH is 3. The number of carboxylic acid groups (broad SMARTS) is 1. The molecule has 0 spiro atoms. The van der Waals surface area contributed by atoms with E-state index in [2.05, 4.69) is 5.32 Å². The van der Waals surface area contributed by atoms with Gasteiger partial charge in [0, 0.05) is 19.3 Å². The molecule has 0 aromatic rings. The van der Waals surface area contributed by atoms with Gasteiger partial charge in [0.2, 0.25) is 12.1 Å². The molecule has 2 aliphatic carbocycles. The molecule has 3 fully saturated rings. The van der Waals surface area contributed by atoms with Gasteiger partial charge in [-0.15, -0.1) is 0 Å². The Bertz CT molecular complexity index is 1430. The van der Waals surface area contributed by atoms with Gasteiger partial charge in [-0.3, -0.25) is 5.32 Å². The number of nitrogens with zero attached hydrogens (tertiary/aromatic N) is 1. The van der Waals surface area contributed by atoms with Gasteiger partial charge in [0.05, 0.1) is 31.4 Å². The number of carboxylic acids is 1. The summed E-state index contributed by atoms with van der Waals surface area (Å²) in [7, 11) is 1.55. The second kappa shape index (κ2) is 18.4. The van der Waals surface area contributed by atoms with Crippen LogP contribution >= 0.6 is 0 Å². The van der Waals surface area contributed by atoms with E-state index in [1.54, 1.807) is 18.0 Å². The number of esters is 1. The molecule has 0 unspecified atom stereocenters. The topological polar surface area (TPSA) is 237 Å². The smallest absolute Gasteiger partial charge is 0.340 e. The number of carbonyl (C=O) groups is 2. The summed E-state index contributed by atoms with van der Waals surface area (Å²) in [5.41, 5.74) is -1.06. The number of allylic oxidation sites excluding steroid dienone is 1. The van der Waals surface area contributed by atoms with Crippen LogP contribution in [0.1, 0.15) is 64.2 Å². The minimum atomic E-state index is -2.95. The van der Waals surface area contributed by atoms with Crippen molar-refractivity contribution in [2.24, 2.45) is 5.92 Å². The summed E-state index contributed by atoms with van der Waals surface area (Å²) in [5.74, 6) is -6.15. The van der Waals surface area contributed by atoms with Crippen molar-refractivity contribution in [2.45, 2.75) is 113 Å². The highest BCUT2D eigenvalue weighted by atomic mass is 16.8. The number of hydrogen-bond donors (Lipinski definition) is 8. The fourth-order valence-corrected chi connectivity index (χ4v) is 7.46. The van der Waals surface area contributed by atoms with E-state index in [4.69, 9.17) is 23.7 Å². The highest BCUT2D eigenvalue weighted by Crippen LogP contribution is 2.43. The molecule has 3 aliphatic heterocycles. The standard InChI is InChI=1S/C37H54N2O14/c1-38-22-50-31-35(52-29(20-41)30(42)37(31,47)48)53-34-27(17-23-8-4-2-5-9-23)36(46,28(21-49-34)33(45)51-26-10-6-3-7-11-26)13-12-24-16-25(32(43)44)19-39(18-24)14-15-40/h12-13,16-17,19,21,26-27,29-31,34-35,38,40-42,46-48H,2-11,14-15,18,20,22H2,1H3,(H,43,44)/b13-12+/t27-,29+,30+,31-,34-,35-,36+/m0/s1. The summed E-state index contributed by atoms with van der Waals surface area (Å²) in [6.07, 6.45) is 8.15. The number of aliphatic carboxylic acids is 1. The maximum Gasteiger partial charge on any atom is 0.340 e. The fourth-order valence-electron chi connectivity index (χ4n) is 7.46. The normalized spacial score (nSPS) is 32.4. The Morgan fingerprint density at radius 1 is 1.06 bits per heavy atom. The minimum Gasteiger partial charge on any atom is -0.478 e. The Labute approximate surface area is 308 Å². The molecule has 1 saturated heterocycles. The molecule has 2 saturated carbocycles. The number of β-amino-alcohol motifs (C(OH)–C–C–N with tert-alkyl or cyclic N) is 1.